The molecule has 1 aliphatic rings. The summed E-state index contributed by atoms with van der Waals surface area (Å²) in [6, 6.07) is 1.41. The number of hydrogen-bond acceptors (Lipinski definition) is 1. The molecule has 0 aromatic heterocycles. The molecular weight excluding hydrogens is 110 g/mol. The highest BCUT2D eigenvalue weighted by Crippen LogP contribution is 2.32. The van der Waals surface area contributed by atoms with Crippen LogP contribution in [0.2, 0.25) is 0 Å². The van der Waals surface area contributed by atoms with Crippen LogP contribution in [0.1, 0.15) is 33.6 Å². The minimum atomic E-state index is 0.653. The first-order chi connectivity index (χ1) is 4.20. The molecular formula is C8H17N. The summed E-state index contributed by atoms with van der Waals surface area (Å²) in [5.74, 6) is 0.993. The van der Waals surface area contributed by atoms with Gasteiger partial charge in [-0.1, -0.05) is 13.8 Å². The first kappa shape index (κ1) is 7.07. The van der Waals surface area contributed by atoms with Crippen molar-refractivity contribution >= 4 is 0 Å². The Labute approximate surface area is 57.8 Å². The third-order valence-corrected chi connectivity index (χ3v) is 1.93. The summed E-state index contributed by atoms with van der Waals surface area (Å²) >= 11 is 0. The lowest BCUT2D eigenvalue weighted by Crippen LogP contribution is -2.33. The van der Waals surface area contributed by atoms with Crippen molar-refractivity contribution in [2.24, 2.45) is 5.92 Å². The van der Waals surface area contributed by atoms with Gasteiger partial charge in [0, 0.05) is 12.1 Å². The summed E-state index contributed by atoms with van der Waals surface area (Å²) in [5, 5.41) is 3.50. The molecule has 0 heterocycles. The van der Waals surface area contributed by atoms with Crippen LogP contribution in [-0.2, 0) is 0 Å². The van der Waals surface area contributed by atoms with E-state index < -0.39 is 0 Å². The molecule has 54 valence electrons. The molecule has 1 nitrogen and oxygen atoms in total. The Kier molecular flexibility index (Phi) is 2.12. The number of nitrogens with one attached hydrogen (secondary N) is 1. The van der Waals surface area contributed by atoms with E-state index in [2.05, 4.69) is 26.1 Å². The van der Waals surface area contributed by atoms with Gasteiger partial charge in [0.15, 0.2) is 0 Å². The van der Waals surface area contributed by atoms with E-state index in [0.717, 1.165) is 12.0 Å². The highest BCUT2D eigenvalue weighted by molar-refractivity contribution is 4.83. The third-order valence-electron chi connectivity index (χ3n) is 1.93. The normalized spacial score (nSPS) is 22.7. The Bertz CT molecular complexity index is 84.6. The van der Waals surface area contributed by atoms with Crippen LogP contribution in [0.4, 0.5) is 0 Å². The molecule has 0 radical (unpaired) electrons. The number of hydrogen-bond donors (Lipinski definition) is 1. The Morgan fingerprint density at radius 3 is 2.11 bits per heavy atom. The predicted molar refractivity (Wildman–Crippen MR) is 40.5 cm³/mol. The zero-order chi connectivity index (χ0) is 6.85. The van der Waals surface area contributed by atoms with Crippen molar-refractivity contribution in [2.45, 2.75) is 45.7 Å². The first-order valence-electron chi connectivity index (χ1n) is 3.96. The van der Waals surface area contributed by atoms with Gasteiger partial charge in [0.1, 0.15) is 0 Å². The molecule has 1 atom stereocenters. The maximum Gasteiger partial charge on any atom is 0.00693 e. The van der Waals surface area contributed by atoms with Gasteiger partial charge in [-0.25, -0.2) is 0 Å². The molecule has 1 aliphatic carbocycles. The molecule has 0 aromatic rings. The fraction of sp³-hybridized carbons (Fsp3) is 1.00. The van der Waals surface area contributed by atoms with Gasteiger partial charge < -0.3 is 5.32 Å². The molecule has 0 saturated heterocycles. The molecule has 0 unspecified atom stereocenters. The minimum Gasteiger partial charge on any atom is -0.312 e. The lowest BCUT2D eigenvalue weighted by atomic mass is 10.2. The van der Waals surface area contributed by atoms with Gasteiger partial charge in [0.05, 0.1) is 0 Å². The van der Waals surface area contributed by atoms with Crippen molar-refractivity contribution < 1.29 is 0 Å². The summed E-state index contributed by atoms with van der Waals surface area (Å²) in [5.41, 5.74) is 0. The summed E-state index contributed by atoms with van der Waals surface area (Å²) < 4.78 is 0. The van der Waals surface area contributed by atoms with Crippen LogP contribution >= 0.6 is 0 Å². The van der Waals surface area contributed by atoms with E-state index in [4.69, 9.17) is 0 Å². The quantitative estimate of drug-likeness (QED) is 0.609. The largest absolute Gasteiger partial charge is 0.312 e. The van der Waals surface area contributed by atoms with Crippen molar-refractivity contribution in [1.29, 1.82) is 0 Å². The van der Waals surface area contributed by atoms with Crippen molar-refractivity contribution in [3.63, 3.8) is 0 Å². The summed E-state index contributed by atoms with van der Waals surface area (Å²) in [7, 11) is 0. The highest BCUT2D eigenvalue weighted by atomic mass is 14.9. The lowest BCUT2D eigenvalue weighted by Gasteiger charge is -2.15. The zero-order valence-corrected chi connectivity index (χ0v) is 6.65. The van der Waals surface area contributed by atoms with Crippen LogP contribution in [0.25, 0.3) is 0 Å². The molecule has 1 heteroatoms. The van der Waals surface area contributed by atoms with E-state index in [1.807, 2.05) is 0 Å². The first-order valence-corrected chi connectivity index (χ1v) is 3.96. The Balaban J connectivity index is 2.10. The fourth-order valence-electron chi connectivity index (χ4n) is 1.26. The second-order valence-electron chi connectivity index (χ2n) is 3.45. The van der Waals surface area contributed by atoms with Gasteiger partial charge >= 0.3 is 0 Å². The molecule has 0 amide bonds. The molecule has 0 spiro atoms. The van der Waals surface area contributed by atoms with Gasteiger partial charge in [0.2, 0.25) is 0 Å². The molecule has 0 aromatic carbocycles. The van der Waals surface area contributed by atoms with Crippen LogP contribution in [0.3, 0.4) is 0 Å². The Morgan fingerprint density at radius 1 is 1.22 bits per heavy atom. The van der Waals surface area contributed by atoms with Gasteiger partial charge in [-0.05, 0) is 25.7 Å². The van der Waals surface area contributed by atoms with E-state index in [9.17, 15) is 0 Å². The van der Waals surface area contributed by atoms with E-state index in [1.165, 1.54) is 12.8 Å². The SMILES string of the molecule is CC(C)N[C@H](C)C1CC1. The van der Waals surface area contributed by atoms with E-state index in [0.29, 0.717) is 6.04 Å². The van der Waals surface area contributed by atoms with Gasteiger partial charge in [-0.2, -0.15) is 0 Å². The predicted octanol–water partition coefficient (Wildman–Crippen LogP) is 1.78. The van der Waals surface area contributed by atoms with Gasteiger partial charge in [0.25, 0.3) is 0 Å². The summed E-state index contributed by atoms with van der Waals surface area (Å²) in [4.78, 5) is 0. The Hall–Kier alpha value is -0.0400. The smallest absolute Gasteiger partial charge is 0.00693 e. The van der Waals surface area contributed by atoms with Crippen molar-refractivity contribution in [3.05, 3.63) is 0 Å². The third kappa shape index (κ3) is 2.35. The maximum absolute atomic E-state index is 3.50. The molecule has 1 saturated carbocycles. The van der Waals surface area contributed by atoms with Gasteiger partial charge in [-0.15, -0.1) is 0 Å². The molecule has 1 rings (SSSR count). The summed E-state index contributed by atoms with van der Waals surface area (Å²) in [6.07, 6.45) is 2.89. The lowest BCUT2D eigenvalue weighted by molar-refractivity contribution is 0.450. The zero-order valence-electron chi connectivity index (χ0n) is 6.65. The molecule has 1 N–H and O–H groups in total. The topological polar surface area (TPSA) is 12.0 Å². The van der Waals surface area contributed by atoms with E-state index >= 15 is 0 Å². The van der Waals surface area contributed by atoms with Crippen molar-refractivity contribution in [3.8, 4) is 0 Å². The van der Waals surface area contributed by atoms with E-state index in [1.54, 1.807) is 0 Å². The van der Waals surface area contributed by atoms with Crippen LogP contribution in [0.5, 0.6) is 0 Å². The van der Waals surface area contributed by atoms with E-state index in [-0.39, 0.29) is 0 Å². The molecule has 0 aliphatic heterocycles. The minimum absolute atomic E-state index is 0.653. The fourth-order valence-corrected chi connectivity index (χ4v) is 1.26. The van der Waals surface area contributed by atoms with Crippen LogP contribution in [0, 0.1) is 5.92 Å². The molecule has 9 heavy (non-hydrogen) atoms. The average Bonchev–Trinajstić information content (AvgIpc) is 2.40. The highest BCUT2D eigenvalue weighted by Gasteiger charge is 2.27. The second-order valence-corrected chi connectivity index (χ2v) is 3.45. The summed E-state index contributed by atoms with van der Waals surface area (Å²) in [6.45, 7) is 6.70. The van der Waals surface area contributed by atoms with Crippen LogP contribution in [0.15, 0.2) is 0 Å². The number of rotatable bonds is 3. The maximum atomic E-state index is 3.50. The Morgan fingerprint density at radius 2 is 1.78 bits per heavy atom. The average molecular weight is 127 g/mol. The van der Waals surface area contributed by atoms with Gasteiger partial charge in [-0.3, -0.25) is 0 Å². The van der Waals surface area contributed by atoms with Crippen molar-refractivity contribution in [1.82, 2.24) is 5.32 Å². The van der Waals surface area contributed by atoms with Crippen LogP contribution < -0.4 is 5.32 Å². The standard InChI is InChI=1S/C8H17N/c1-6(2)9-7(3)8-4-5-8/h6-9H,4-5H2,1-3H3/t7-/m1/s1. The van der Waals surface area contributed by atoms with Crippen molar-refractivity contribution in [2.75, 3.05) is 0 Å². The molecule has 1 fully saturated rings. The monoisotopic (exact) mass is 127 g/mol. The molecule has 0 bridgehead atoms. The second kappa shape index (κ2) is 2.70. The van der Waals surface area contributed by atoms with Crippen LogP contribution in [-0.4, -0.2) is 12.1 Å².